The topological polar surface area (TPSA) is 59.3 Å². The monoisotopic (exact) mass is 293 g/mol. The van der Waals surface area contributed by atoms with Gasteiger partial charge >= 0.3 is 0 Å². The highest BCUT2D eigenvalue weighted by Crippen LogP contribution is 2.15. The lowest BCUT2D eigenvalue weighted by atomic mass is 10.2. The van der Waals surface area contributed by atoms with Gasteiger partial charge in [0.2, 0.25) is 0 Å². The Kier molecular flexibility index (Phi) is 3.18. The SMILES string of the molecule is O=S1(=O)CC[C@@H](NCc2ccc(Br)o2)C1. The van der Waals surface area contributed by atoms with Crippen LogP contribution in [0.2, 0.25) is 0 Å². The van der Waals surface area contributed by atoms with Crippen LogP contribution in [0, 0.1) is 0 Å². The molecule has 1 aromatic rings. The normalized spacial score (nSPS) is 24.5. The summed E-state index contributed by atoms with van der Waals surface area (Å²) in [5, 5.41) is 3.17. The van der Waals surface area contributed by atoms with E-state index in [1.165, 1.54) is 0 Å². The molecule has 2 heterocycles. The summed E-state index contributed by atoms with van der Waals surface area (Å²) in [6.07, 6.45) is 0.699. The number of rotatable bonds is 3. The predicted octanol–water partition coefficient (Wildman–Crippen LogP) is 1.32. The second-order valence-electron chi connectivity index (χ2n) is 3.69. The van der Waals surface area contributed by atoms with Gasteiger partial charge in [-0.25, -0.2) is 8.42 Å². The zero-order valence-electron chi connectivity index (χ0n) is 8.07. The Hall–Kier alpha value is -0.330. The van der Waals surface area contributed by atoms with E-state index in [1.807, 2.05) is 12.1 Å². The summed E-state index contributed by atoms with van der Waals surface area (Å²) in [5.41, 5.74) is 0. The smallest absolute Gasteiger partial charge is 0.169 e. The molecule has 1 aromatic heterocycles. The Balaban J connectivity index is 1.85. The Morgan fingerprint density at radius 2 is 2.33 bits per heavy atom. The van der Waals surface area contributed by atoms with E-state index in [0.717, 1.165) is 5.76 Å². The average molecular weight is 294 g/mol. The number of hydrogen-bond acceptors (Lipinski definition) is 4. The molecule has 0 amide bonds. The maximum atomic E-state index is 11.2. The van der Waals surface area contributed by atoms with Crippen molar-refractivity contribution >= 4 is 25.8 Å². The van der Waals surface area contributed by atoms with E-state index in [1.54, 1.807) is 0 Å². The van der Waals surface area contributed by atoms with Gasteiger partial charge in [-0.05, 0) is 34.5 Å². The summed E-state index contributed by atoms with van der Waals surface area (Å²) >= 11 is 3.21. The second-order valence-corrected chi connectivity index (χ2v) is 6.70. The van der Waals surface area contributed by atoms with Gasteiger partial charge in [0.05, 0.1) is 18.1 Å². The van der Waals surface area contributed by atoms with Crippen molar-refractivity contribution in [3.05, 3.63) is 22.6 Å². The fraction of sp³-hybridized carbons (Fsp3) is 0.556. The van der Waals surface area contributed by atoms with Crippen LogP contribution in [0.3, 0.4) is 0 Å². The van der Waals surface area contributed by atoms with Crippen LogP contribution < -0.4 is 5.32 Å². The third kappa shape index (κ3) is 3.06. The van der Waals surface area contributed by atoms with Crippen LogP contribution in [-0.4, -0.2) is 26.0 Å². The van der Waals surface area contributed by atoms with Crippen molar-refractivity contribution in [3.63, 3.8) is 0 Å². The average Bonchev–Trinajstić information content (AvgIpc) is 2.69. The Labute approximate surface area is 97.1 Å². The molecular formula is C9H12BrNO3S. The molecule has 1 aliphatic heterocycles. The first-order valence-electron chi connectivity index (χ1n) is 4.73. The van der Waals surface area contributed by atoms with Crippen molar-refractivity contribution in [2.75, 3.05) is 11.5 Å². The molecule has 0 saturated carbocycles. The predicted molar refractivity (Wildman–Crippen MR) is 60.3 cm³/mol. The highest BCUT2D eigenvalue weighted by Gasteiger charge is 2.27. The second kappa shape index (κ2) is 4.27. The number of sulfone groups is 1. The molecule has 0 bridgehead atoms. The minimum atomic E-state index is -2.80. The fourth-order valence-electron chi connectivity index (χ4n) is 1.65. The molecule has 1 atom stereocenters. The van der Waals surface area contributed by atoms with Crippen LogP contribution in [0.1, 0.15) is 12.2 Å². The van der Waals surface area contributed by atoms with Crippen LogP contribution in [0.5, 0.6) is 0 Å². The molecule has 2 rings (SSSR count). The minimum Gasteiger partial charge on any atom is -0.453 e. The summed E-state index contributed by atoms with van der Waals surface area (Å²) in [5.74, 6) is 1.35. The van der Waals surface area contributed by atoms with Gasteiger partial charge in [0, 0.05) is 6.04 Å². The summed E-state index contributed by atoms with van der Waals surface area (Å²) < 4.78 is 28.4. The van der Waals surface area contributed by atoms with Crippen LogP contribution in [0.25, 0.3) is 0 Å². The van der Waals surface area contributed by atoms with Gasteiger partial charge < -0.3 is 9.73 Å². The molecule has 0 unspecified atom stereocenters. The molecule has 84 valence electrons. The fourth-order valence-corrected chi connectivity index (χ4v) is 3.70. The molecule has 15 heavy (non-hydrogen) atoms. The third-order valence-corrected chi connectivity index (χ3v) is 4.62. The Morgan fingerprint density at radius 1 is 1.53 bits per heavy atom. The summed E-state index contributed by atoms with van der Waals surface area (Å²) in [6, 6.07) is 3.75. The Morgan fingerprint density at radius 3 is 2.87 bits per heavy atom. The van der Waals surface area contributed by atoms with Crippen molar-refractivity contribution in [2.24, 2.45) is 0 Å². The minimum absolute atomic E-state index is 0.0684. The molecule has 1 fully saturated rings. The summed E-state index contributed by atoms with van der Waals surface area (Å²) in [7, 11) is -2.80. The zero-order valence-corrected chi connectivity index (χ0v) is 10.5. The van der Waals surface area contributed by atoms with E-state index in [-0.39, 0.29) is 11.8 Å². The van der Waals surface area contributed by atoms with E-state index in [9.17, 15) is 8.42 Å². The summed E-state index contributed by atoms with van der Waals surface area (Å²) in [6.45, 7) is 0.575. The van der Waals surface area contributed by atoms with Gasteiger partial charge in [-0.1, -0.05) is 0 Å². The zero-order chi connectivity index (χ0) is 10.9. The van der Waals surface area contributed by atoms with E-state index < -0.39 is 9.84 Å². The number of nitrogens with one attached hydrogen (secondary N) is 1. The number of hydrogen-bond donors (Lipinski definition) is 1. The van der Waals surface area contributed by atoms with Crippen LogP contribution in [-0.2, 0) is 16.4 Å². The first-order valence-corrected chi connectivity index (χ1v) is 7.35. The van der Waals surface area contributed by atoms with Gasteiger partial charge in [0.15, 0.2) is 14.5 Å². The molecule has 1 aliphatic rings. The Bertz CT molecular complexity index is 440. The molecule has 4 nitrogen and oxygen atoms in total. The molecular weight excluding hydrogens is 282 g/mol. The maximum absolute atomic E-state index is 11.2. The highest BCUT2D eigenvalue weighted by molar-refractivity contribution is 9.10. The molecule has 0 spiro atoms. The molecule has 6 heteroatoms. The van der Waals surface area contributed by atoms with Crippen molar-refractivity contribution in [3.8, 4) is 0 Å². The lowest BCUT2D eigenvalue weighted by Gasteiger charge is -2.08. The van der Waals surface area contributed by atoms with E-state index in [0.29, 0.717) is 23.4 Å². The van der Waals surface area contributed by atoms with Crippen molar-refractivity contribution in [2.45, 2.75) is 19.0 Å². The molecule has 1 saturated heterocycles. The van der Waals surface area contributed by atoms with Gasteiger partial charge in [0.25, 0.3) is 0 Å². The van der Waals surface area contributed by atoms with Crippen LogP contribution >= 0.6 is 15.9 Å². The van der Waals surface area contributed by atoms with Crippen molar-refractivity contribution in [1.82, 2.24) is 5.32 Å². The van der Waals surface area contributed by atoms with Gasteiger partial charge in [-0.15, -0.1) is 0 Å². The third-order valence-electron chi connectivity index (χ3n) is 2.43. The van der Waals surface area contributed by atoms with Gasteiger partial charge in [-0.3, -0.25) is 0 Å². The van der Waals surface area contributed by atoms with Gasteiger partial charge in [-0.2, -0.15) is 0 Å². The lowest BCUT2D eigenvalue weighted by Crippen LogP contribution is -2.29. The molecule has 0 aliphatic carbocycles. The van der Waals surface area contributed by atoms with E-state index >= 15 is 0 Å². The lowest BCUT2D eigenvalue weighted by molar-refractivity contribution is 0.444. The van der Waals surface area contributed by atoms with Crippen LogP contribution in [0.4, 0.5) is 0 Å². The number of halogens is 1. The summed E-state index contributed by atoms with van der Waals surface area (Å²) in [4.78, 5) is 0. The van der Waals surface area contributed by atoms with E-state index in [4.69, 9.17) is 4.42 Å². The molecule has 0 aromatic carbocycles. The highest BCUT2D eigenvalue weighted by atomic mass is 79.9. The first kappa shape index (κ1) is 11.2. The quantitative estimate of drug-likeness (QED) is 0.913. The molecule has 0 radical (unpaired) electrons. The van der Waals surface area contributed by atoms with Crippen LogP contribution in [0.15, 0.2) is 21.2 Å². The van der Waals surface area contributed by atoms with Crippen molar-refractivity contribution < 1.29 is 12.8 Å². The first-order chi connectivity index (χ1) is 7.05. The van der Waals surface area contributed by atoms with E-state index in [2.05, 4.69) is 21.2 Å². The van der Waals surface area contributed by atoms with Crippen molar-refractivity contribution in [1.29, 1.82) is 0 Å². The standard InChI is InChI=1S/C9H12BrNO3S/c10-9-2-1-8(14-9)5-11-7-3-4-15(12,13)6-7/h1-2,7,11H,3-6H2/t7-/m1/s1. The largest absolute Gasteiger partial charge is 0.453 e. The molecule has 1 N–H and O–H groups in total. The van der Waals surface area contributed by atoms with Gasteiger partial charge in [0.1, 0.15) is 5.76 Å². The number of furan rings is 1. The maximum Gasteiger partial charge on any atom is 0.169 e.